The third kappa shape index (κ3) is 3.39. The number of nitrogens with zero attached hydrogens (tertiary/aromatic N) is 4. The van der Waals surface area contributed by atoms with Crippen LogP contribution in [0, 0.1) is 0 Å². The summed E-state index contributed by atoms with van der Waals surface area (Å²) in [5.74, 6) is 1.02. The molecule has 2 aliphatic rings. The first-order chi connectivity index (χ1) is 14.5. The molecule has 30 heavy (non-hydrogen) atoms. The van der Waals surface area contributed by atoms with E-state index in [9.17, 15) is 4.79 Å². The minimum absolute atomic E-state index is 0.0125. The van der Waals surface area contributed by atoms with Gasteiger partial charge in [0, 0.05) is 23.2 Å². The first-order valence-corrected chi connectivity index (χ1v) is 10.4. The molecule has 0 aromatic carbocycles. The van der Waals surface area contributed by atoms with Crippen molar-refractivity contribution in [3.63, 3.8) is 0 Å². The van der Waals surface area contributed by atoms with E-state index in [-0.39, 0.29) is 11.9 Å². The van der Waals surface area contributed by atoms with Crippen LogP contribution in [-0.4, -0.2) is 31.8 Å². The van der Waals surface area contributed by atoms with Crippen molar-refractivity contribution < 1.29 is 9.53 Å². The van der Waals surface area contributed by atoms with Gasteiger partial charge in [0.25, 0.3) is 5.91 Å². The second-order valence-corrected chi connectivity index (χ2v) is 8.42. The summed E-state index contributed by atoms with van der Waals surface area (Å²) in [5, 5.41) is 0.880. The maximum Gasteiger partial charge on any atom is 0.273 e. The van der Waals surface area contributed by atoms with Gasteiger partial charge in [0.15, 0.2) is 0 Å². The van der Waals surface area contributed by atoms with Crippen LogP contribution in [-0.2, 0) is 24.5 Å². The number of anilines is 1. The average molecular weight is 403 g/mol. The Balaban J connectivity index is 1.44. The fourth-order valence-corrected chi connectivity index (χ4v) is 3.99. The molecule has 3 aromatic heterocycles. The molecule has 0 unspecified atom stereocenters. The lowest BCUT2D eigenvalue weighted by Gasteiger charge is -2.26. The van der Waals surface area contributed by atoms with Gasteiger partial charge in [-0.25, -0.2) is 9.97 Å². The molecular formula is C23H25N5O2. The SMILES string of the molecule is CC(C)N(Cc1ccc(C2CC2)cn1)C(=O)c1cc2c3c(c(N)nc2cn1)COC3. The second-order valence-electron chi connectivity index (χ2n) is 8.42. The van der Waals surface area contributed by atoms with Gasteiger partial charge in [-0.3, -0.25) is 9.78 Å². The number of carbonyl (C=O) groups excluding carboxylic acids is 1. The summed E-state index contributed by atoms with van der Waals surface area (Å²) in [6.07, 6.45) is 6.07. The van der Waals surface area contributed by atoms with Gasteiger partial charge in [0.2, 0.25) is 0 Å². The zero-order valence-corrected chi connectivity index (χ0v) is 17.3. The maximum atomic E-state index is 13.3. The third-order valence-electron chi connectivity index (χ3n) is 5.95. The van der Waals surface area contributed by atoms with Gasteiger partial charge in [0.05, 0.1) is 37.2 Å². The number of rotatable bonds is 5. The van der Waals surface area contributed by atoms with Crippen LogP contribution in [0.4, 0.5) is 5.82 Å². The van der Waals surface area contributed by atoms with Crippen molar-refractivity contribution in [3.8, 4) is 0 Å². The Bertz CT molecular complexity index is 1120. The number of hydrogen-bond acceptors (Lipinski definition) is 6. The highest BCUT2D eigenvalue weighted by Crippen LogP contribution is 2.39. The molecule has 5 rings (SSSR count). The molecule has 0 bridgehead atoms. The second kappa shape index (κ2) is 7.32. The normalized spacial score (nSPS) is 15.6. The van der Waals surface area contributed by atoms with Crippen molar-refractivity contribution in [2.45, 2.75) is 58.4 Å². The van der Waals surface area contributed by atoms with E-state index in [4.69, 9.17) is 10.5 Å². The molecule has 4 heterocycles. The Hall–Kier alpha value is -3.06. The number of fused-ring (bicyclic) bond motifs is 3. The van der Waals surface area contributed by atoms with E-state index in [0.717, 1.165) is 22.2 Å². The van der Waals surface area contributed by atoms with Gasteiger partial charge in [0.1, 0.15) is 11.5 Å². The van der Waals surface area contributed by atoms with E-state index in [1.165, 1.54) is 18.4 Å². The zero-order valence-electron chi connectivity index (χ0n) is 17.3. The van der Waals surface area contributed by atoms with Crippen LogP contribution in [0.2, 0.25) is 0 Å². The third-order valence-corrected chi connectivity index (χ3v) is 5.95. The lowest BCUT2D eigenvalue weighted by molar-refractivity contribution is 0.0682. The van der Waals surface area contributed by atoms with Crippen molar-refractivity contribution in [3.05, 3.63) is 58.7 Å². The minimum atomic E-state index is -0.121. The van der Waals surface area contributed by atoms with E-state index < -0.39 is 0 Å². The predicted octanol–water partition coefficient (Wildman–Crippen LogP) is 3.57. The number of ether oxygens (including phenoxy) is 1. The first kappa shape index (κ1) is 18.9. The van der Waals surface area contributed by atoms with Crippen molar-refractivity contribution >= 4 is 22.6 Å². The van der Waals surface area contributed by atoms with E-state index in [2.05, 4.69) is 21.0 Å². The van der Waals surface area contributed by atoms with Gasteiger partial charge < -0.3 is 15.4 Å². The summed E-state index contributed by atoms with van der Waals surface area (Å²) in [6.45, 7) is 5.39. The van der Waals surface area contributed by atoms with Crippen LogP contribution in [0.3, 0.4) is 0 Å². The molecule has 3 aromatic rings. The van der Waals surface area contributed by atoms with Crippen LogP contribution in [0.5, 0.6) is 0 Å². The van der Waals surface area contributed by atoms with Crippen molar-refractivity contribution in [1.29, 1.82) is 0 Å². The largest absolute Gasteiger partial charge is 0.383 e. The Kier molecular flexibility index (Phi) is 4.62. The van der Waals surface area contributed by atoms with Crippen molar-refractivity contribution in [2.24, 2.45) is 0 Å². The highest BCUT2D eigenvalue weighted by molar-refractivity contribution is 5.97. The predicted molar refractivity (Wildman–Crippen MR) is 114 cm³/mol. The quantitative estimate of drug-likeness (QED) is 0.700. The number of nitrogens with two attached hydrogens (primary N) is 1. The molecule has 2 N–H and O–H groups in total. The number of carbonyl (C=O) groups is 1. The van der Waals surface area contributed by atoms with E-state index in [1.54, 1.807) is 11.1 Å². The molecule has 7 heteroatoms. The Morgan fingerprint density at radius 1 is 1.20 bits per heavy atom. The summed E-state index contributed by atoms with van der Waals surface area (Å²) < 4.78 is 5.56. The van der Waals surface area contributed by atoms with Crippen LogP contribution >= 0.6 is 0 Å². The maximum absolute atomic E-state index is 13.3. The molecule has 1 amide bonds. The number of aromatic nitrogens is 3. The summed E-state index contributed by atoms with van der Waals surface area (Å²) in [4.78, 5) is 28.6. The number of amides is 1. The van der Waals surface area contributed by atoms with Crippen LogP contribution in [0.15, 0.2) is 30.6 Å². The van der Waals surface area contributed by atoms with Crippen molar-refractivity contribution in [1.82, 2.24) is 19.9 Å². The molecule has 0 saturated heterocycles. The van der Waals surface area contributed by atoms with Gasteiger partial charge in [-0.1, -0.05) is 6.07 Å². The van der Waals surface area contributed by atoms with Crippen LogP contribution < -0.4 is 5.73 Å². The summed E-state index contributed by atoms with van der Waals surface area (Å²) in [7, 11) is 0. The Labute approximate surface area is 175 Å². The van der Waals surface area contributed by atoms with E-state index >= 15 is 0 Å². The summed E-state index contributed by atoms with van der Waals surface area (Å²) >= 11 is 0. The highest BCUT2D eigenvalue weighted by atomic mass is 16.5. The molecule has 1 fully saturated rings. The van der Waals surface area contributed by atoms with Gasteiger partial charge >= 0.3 is 0 Å². The standard InChI is InChI=1S/C23H25N5O2/c1-13(2)28(10-16-6-5-15(8-25-16)14-3-4-14)23(29)20-7-17-18-11-30-12-19(18)22(24)27-21(17)9-26-20/h5-9,13-14H,3-4,10-12H2,1-2H3,(H2,24,27). The molecule has 1 aliphatic heterocycles. The molecule has 0 atom stereocenters. The minimum Gasteiger partial charge on any atom is -0.383 e. The van der Waals surface area contributed by atoms with Crippen molar-refractivity contribution in [2.75, 3.05) is 5.73 Å². The summed E-state index contributed by atoms with van der Waals surface area (Å²) in [5.41, 5.74) is 11.2. The Morgan fingerprint density at radius 2 is 2.00 bits per heavy atom. The number of nitrogen functional groups attached to an aromatic ring is 1. The lowest BCUT2D eigenvalue weighted by Crippen LogP contribution is -2.37. The monoisotopic (exact) mass is 403 g/mol. The van der Waals surface area contributed by atoms with Gasteiger partial charge in [-0.2, -0.15) is 0 Å². The van der Waals surface area contributed by atoms with Gasteiger partial charge in [-0.15, -0.1) is 0 Å². The molecule has 7 nitrogen and oxygen atoms in total. The molecule has 0 radical (unpaired) electrons. The molecule has 154 valence electrons. The topological polar surface area (TPSA) is 94.2 Å². The van der Waals surface area contributed by atoms with Gasteiger partial charge in [-0.05, 0) is 55.9 Å². The molecule has 1 aliphatic carbocycles. The van der Waals surface area contributed by atoms with Crippen LogP contribution in [0.25, 0.3) is 10.9 Å². The fourth-order valence-electron chi connectivity index (χ4n) is 3.99. The van der Waals surface area contributed by atoms with E-state index in [1.807, 2.05) is 32.2 Å². The number of pyridine rings is 3. The molecule has 0 spiro atoms. The van der Waals surface area contributed by atoms with Crippen LogP contribution in [0.1, 0.15) is 65.5 Å². The first-order valence-electron chi connectivity index (χ1n) is 10.4. The average Bonchev–Trinajstić information content (AvgIpc) is 3.47. The molecular weight excluding hydrogens is 378 g/mol. The Morgan fingerprint density at radius 3 is 2.70 bits per heavy atom. The zero-order chi connectivity index (χ0) is 20.8. The lowest BCUT2D eigenvalue weighted by atomic mass is 10.1. The van der Waals surface area contributed by atoms with E-state index in [0.29, 0.717) is 42.7 Å². The fraction of sp³-hybridized carbons (Fsp3) is 0.391. The summed E-state index contributed by atoms with van der Waals surface area (Å²) in [6, 6.07) is 5.99. The smallest absolute Gasteiger partial charge is 0.273 e. The molecule has 1 saturated carbocycles. The number of hydrogen-bond donors (Lipinski definition) is 1. The highest BCUT2D eigenvalue weighted by Gasteiger charge is 2.26.